The predicted molar refractivity (Wildman–Crippen MR) is 109 cm³/mol. The quantitative estimate of drug-likeness (QED) is 0.694. The summed E-state index contributed by atoms with van der Waals surface area (Å²) >= 11 is 1.46. The van der Waals surface area contributed by atoms with Crippen molar-refractivity contribution in [3.63, 3.8) is 0 Å². The van der Waals surface area contributed by atoms with Crippen LogP contribution in [0, 0.1) is 0 Å². The van der Waals surface area contributed by atoms with Gasteiger partial charge in [-0.25, -0.2) is 4.79 Å². The molecule has 1 atom stereocenters. The highest BCUT2D eigenvalue weighted by Gasteiger charge is 2.30. The lowest BCUT2D eigenvalue weighted by atomic mass is 9.86. The van der Waals surface area contributed by atoms with Crippen LogP contribution in [0.4, 0.5) is 5.00 Å². The molecule has 0 fully saturated rings. The fourth-order valence-electron chi connectivity index (χ4n) is 3.45. The fourth-order valence-corrected chi connectivity index (χ4v) is 4.82. The standard InChI is InChI=1S/C21H25NO5S/c1-4-26-21(24)19-18-13(2)8-7-11-16(18)28-20(19)22-17(23)12-27-15-10-6-5-9-14(15)25-3/h5-6,9-10,13H,4,7-8,11-12H2,1-3H3,(H,22,23). The number of carbonyl (C=O) groups is 2. The Labute approximate surface area is 168 Å². The number of benzene rings is 1. The number of nitrogens with one attached hydrogen (secondary N) is 1. The maximum atomic E-state index is 12.6. The van der Waals surface area contributed by atoms with Gasteiger partial charge in [0.05, 0.1) is 19.3 Å². The Morgan fingerprint density at radius 2 is 2.00 bits per heavy atom. The number of fused-ring (bicyclic) bond motifs is 1. The molecule has 1 aromatic carbocycles. The van der Waals surface area contributed by atoms with Crippen molar-refractivity contribution in [1.82, 2.24) is 0 Å². The van der Waals surface area contributed by atoms with E-state index in [0.29, 0.717) is 28.7 Å². The molecule has 1 aliphatic rings. The Morgan fingerprint density at radius 1 is 1.25 bits per heavy atom. The summed E-state index contributed by atoms with van der Waals surface area (Å²) in [7, 11) is 1.55. The predicted octanol–water partition coefficient (Wildman–Crippen LogP) is 4.39. The lowest BCUT2D eigenvalue weighted by Crippen LogP contribution is -2.21. The van der Waals surface area contributed by atoms with Gasteiger partial charge in [0.15, 0.2) is 18.1 Å². The molecule has 0 radical (unpaired) electrons. The Bertz CT molecular complexity index is 860. The van der Waals surface area contributed by atoms with Gasteiger partial charge in [0.1, 0.15) is 5.00 Å². The number of esters is 1. The summed E-state index contributed by atoms with van der Waals surface area (Å²) in [6, 6.07) is 7.14. The molecular weight excluding hydrogens is 378 g/mol. The first kappa shape index (κ1) is 20.2. The van der Waals surface area contributed by atoms with Crippen LogP contribution in [0.15, 0.2) is 24.3 Å². The summed E-state index contributed by atoms with van der Waals surface area (Å²) in [5, 5.41) is 3.40. The molecule has 3 rings (SSSR count). The van der Waals surface area contributed by atoms with E-state index in [2.05, 4.69) is 12.2 Å². The molecule has 1 aliphatic carbocycles. The van der Waals surface area contributed by atoms with E-state index in [1.165, 1.54) is 11.3 Å². The number of anilines is 1. The van der Waals surface area contributed by atoms with E-state index in [0.717, 1.165) is 29.7 Å². The highest BCUT2D eigenvalue weighted by Crippen LogP contribution is 2.43. The summed E-state index contributed by atoms with van der Waals surface area (Å²) < 4.78 is 16.1. The minimum absolute atomic E-state index is 0.180. The second-order valence-corrected chi connectivity index (χ2v) is 7.75. The SMILES string of the molecule is CCOC(=O)c1c(NC(=O)COc2ccccc2OC)sc2c1C(C)CCC2. The molecule has 1 amide bonds. The van der Waals surface area contributed by atoms with Crippen LogP contribution >= 0.6 is 11.3 Å². The van der Waals surface area contributed by atoms with Gasteiger partial charge < -0.3 is 19.5 Å². The van der Waals surface area contributed by atoms with Crippen molar-refractivity contribution in [1.29, 1.82) is 0 Å². The van der Waals surface area contributed by atoms with E-state index < -0.39 is 0 Å². The van der Waals surface area contributed by atoms with Crippen molar-refractivity contribution in [3.8, 4) is 11.5 Å². The van der Waals surface area contributed by atoms with Crippen molar-refractivity contribution in [3.05, 3.63) is 40.3 Å². The summed E-state index contributed by atoms with van der Waals surface area (Å²) in [6.45, 7) is 4.01. The molecule has 2 aromatic rings. The highest BCUT2D eigenvalue weighted by molar-refractivity contribution is 7.17. The van der Waals surface area contributed by atoms with Crippen LogP contribution < -0.4 is 14.8 Å². The maximum absolute atomic E-state index is 12.6. The van der Waals surface area contributed by atoms with Crippen molar-refractivity contribution in [2.24, 2.45) is 0 Å². The Balaban J connectivity index is 1.77. The average Bonchev–Trinajstić information content (AvgIpc) is 3.06. The number of methoxy groups -OCH3 is 1. The number of amides is 1. The number of hydrogen-bond acceptors (Lipinski definition) is 6. The van der Waals surface area contributed by atoms with Crippen LogP contribution in [-0.2, 0) is 16.0 Å². The molecule has 7 heteroatoms. The number of ether oxygens (including phenoxy) is 3. The number of thiophene rings is 1. The third-order valence-corrected chi connectivity index (χ3v) is 5.90. The molecule has 1 unspecified atom stereocenters. The van der Waals surface area contributed by atoms with Crippen molar-refractivity contribution >= 4 is 28.2 Å². The topological polar surface area (TPSA) is 73.9 Å². The molecule has 0 spiro atoms. The van der Waals surface area contributed by atoms with Crippen LogP contribution in [0.3, 0.4) is 0 Å². The number of rotatable bonds is 7. The van der Waals surface area contributed by atoms with Gasteiger partial charge in [0, 0.05) is 4.88 Å². The van der Waals surface area contributed by atoms with E-state index in [9.17, 15) is 9.59 Å². The van der Waals surface area contributed by atoms with Gasteiger partial charge in [-0.1, -0.05) is 19.1 Å². The Hall–Kier alpha value is -2.54. The van der Waals surface area contributed by atoms with Crippen molar-refractivity contribution in [2.75, 3.05) is 25.6 Å². The van der Waals surface area contributed by atoms with Crippen LogP contribution in [0.2, 0.25) is 0 Å². The molecule has 0 saturated heterocycles. The lowest BCUT2D eigenvalue weighted by molar-refractivity contribution is -0.118. The smallest absolute Gasteiger partial charge is 0.341 e. The number of hydrogen-bond donors (Lipinski definition) is 1. The number of para-hydroxylation sites is 2. The van der Waals surface area contributed by atoms with Gasteiger partial charge in [-0.2, -0.15) is 0 Å². The van der Waals surface area contributed by atoms with Crippen molar-refractivity contribution in [2.45, 2.75) is 39.0 Å². The van der Waals surface area contributed by atoms with Gasteiger partial charge in [-0.3, -0.25) is 4.79 Å². The molecule has 1 N–H and O–H groups in total. The first-order valence-electron chi connectivity index (χ1n) is 9.43. The molecule has 0 bridgehead atoms. The van der Waals surface area contributed by atoms with Gasteiger partial charge in [-0.05, 0) is 49.8 Å². The molecule has 0 saturated carbocycles. The zero-order valence-electron chi connectivity index (χ0n) is 16.4. The van der Waals surface area contributed by atoms with Crippen molar-refractivity contribution < 1.29 is 23.8 Å². The maximum Gasteiger partial charge on any atom is 0.341 e. The number of aryl methyl sites for hydroxylation is 1. The molecule has 28 heavy (non-hydrogen) atoms. The van der Waals surface area contributed by atoms with E-state index in [-0.39, 0.29) is 24.4 Å². The van der Waals surface area contributed by atoms with Crippen LogP contribution in [0.1, 0.15) is 53.4 Å². The Kier molecular flexibility index (Phi) is 6.57. The summed E-state index contributed by atoms with van der Waals surface area (Å²) in [5.74, 6) is 0.611. The zero-order valence-corrected chi connectivity index (χ0v) is 17.2. The fraction of sp³-hybridized carbons (Fsp3) is 0.429. The van der Waals surface area contributed by atoms with E-state index >= 15 is 0 Å². The minimum Gasteiger partial charge on any atom is -0.493 e. The van der Waals surface area contributed by atoms with Crippen LogP contribution in [0.5, 0.6) is 11.5 Å². The van der Waals surface area contributed by atoms with E-state index in [1.54, 1.807) is 26.2 Å². The summed E-state index contributed by atoms with van der Waals surface area (Å²) in [4.78, 5) is 26.2. The van der Waals surface area contributed by atoms with Crippen LogP contribution in [0.25, 0.3) is 0 Å². The van der Waals surface area contributed by atoms with Gasteiger partial charge >= 0.3 is 5.97 Å². The third-order valence-electron chi connectivity index (χ3n) is 4.72. The lowest BCUT2D eigenvalue weighted by Gasteiger charge is -2.19. The first-order valence-corrected chi connectivity index (χ1v) is 10.2. The average molecular weight is 404 g/mol. The molecular formula is C21H25NO5S. The molecule has 1 aromatic heterocycles. The third kappa shape index (κ3) is 4.30. The van der Waals surface area contributed by atoms with Crippen LogP contribution in [-0.4, -0.2) is 32.2 Å². The summed E-state index contributed by atoms with van der Waals surface area (Å²) in [5.41, 5.74) is 1.52. The van der Waals surface area contributed by atoms with Gasteiger partial charge in [-0.15, -0.1) is 11.3 Å². The van der Waals surface area contributed by atoms with E-state index in [4.69, 9.17) is 14.2 Å². The normalized spacial score (nSPS) is 15.5. The monoisotopic (exact) mass is 403 g/mol. The number of carbonyl (C=O) groups excluding carboxylic acids is 2. The molecule has 6 nitrogen and oxygen atoms in total. The minimum atomic E-state index is -0.380. The highest BCUT2D eigenvalue weighted by atomic mass is 32.1. The second kappa shape index (κ2) is 9.10. The summed E-state index contributed by atoms with van der Waals surface area (Å²) in [6.07, 6.45) is 3.03. The molecule has 150 valence electrons. The second-order valence-electron chi connectivity index (χ2n) is 6.64. The largest absolute Gasteiger partial charge is 0.493 e. The van der Waals surface area contributed by atoms with E-state index in [1.807, 2.05) is 12.1 Å². The first-order chi connectivity index (χ1) is 13.5. The molecule has 0 aliphatic heterocycles. The van der Waals surface area contributed by atoms with Gasteiger partial charge in [0.25, 0.3) is 5.91 Å². The Morgan fingerprint density at radius 3 is 2.71 bits per heavy atom. The zero-order chi connectivity index (χ0) is 20.1. The molecule has 1 heterocycles. The van der Waals surface area contributed by atoms with Gasteiger partial charge in [0.2, 0.25) is 0 Å².